The quantitative estimate of drug-likeness (QED) is 0.436. The van der Waals surface area contributed by atoms with Crippen molar-refractivity contribution in [1.82, 2.24) is 0 Å². The number of carbonyl (C=O) groups excluding carboxylic acids is 2. The minimum Gasteiger partial charge on any atom is -0.493 e. The summed E-state index contributed by atoms with van der Waals surface area (Å²) in [5.41, 5.74) is 0.818. The van der Waals surface area contributed by atoms with Gasteiger partial charge in [-0.15, -0.1) is 0 Å². The molecule has 1 atom stereocenters. The highest BCUT2D eigenvalue weighted by Crippen LogP contribution is 2.38. The van der Waals surface area contributed by atoms with Crippen molar-refractivity contribution in [2.75, 3.05) is 26.6 Å². The molecule has 0 aromatic heterocycles. The van der Waals surface area contributed by atoms with Crippen LogP contribution in [0.2, 0.25) is 15.1 Å². The summed E-state index contributed by atoms with van der Waals surface area (Å²) in [5, 5.41) is 3.23. The van der Waals surface area contributed by atoms with Gasteiger partial charge >= 0.3 is 5.97 Å². The highest BCUT2D eigenvalue weighted by molar-refractivity contribution is 6.44. The first kappa shape index (κ1) is 23.9. The number of methoxy groups -OCH3 is 3. The van der Waals surface area contributed by atoms with Gasteiger partial charge in [-0.25, -0.2) is 0 Å². The van der Waals surface area contributed by atoms with Gasteiger partial charge in [-0.05, 0) is 36.8 Å². The number of halogens is 3. The predicted octanol–water partition coefficient (Wildman–Crippen LogP) is 4.79. The van der Waals surface area contributed by atoms with Crippen LogP contribution in [-0.4, -0.2) is 39.3 Å². The normalized spacial score (nSPS) is 11.4. The van der Waals surface area contributed by atoms with Gasteiger partial charge in [-0.2, -0.15) is 0 Å². The summed E-state index contributed by atoms with van der Waals surface area (Å²) < 4.78 is 21.0. The Morgan fingerprint density at radius 3 is 2.00 bits per heavy atom. The molecule has 1 amide bonds. The Morgan fingerprint density at radius 1 is 0.900 bits per heavy atom. The molecule has 0 aliphatic heterocycles. The minimum atomic E-state index is -1.08. The van der Waals surface area contributed by atoms with Crippen molar-refractivity contribution in [1.29, 1.82) is 0 Å². The van der Waals surface area contributed by atoms with Crippen LogP contribution >= 0.6 is 34.8 Å². The lowest BCUT2D eigenvalue weighted by atomic mass is 10.1. The molecule has 0 bridgehead atoms. The number of carbonyl (C=O) groups is 2. The second-order valence-corrected chi connectivity index (χ2v) is 7.30. The van der Waals surface area contributed by atoms with E-state index in [2.05, 4.69) is 5.32 Å². The molecule has 0 aliphatic rings. The fourth-order valence-corrected chi connectivity index (χ4v) is 3.14. The average molecular weight is 477 g/mol. The molecule has 0 unspecified atom stereocenters. The van der Waals surface area contributed by atoms with Crippen LogP contribution in [-0.2, 0) is 20.7 Å². The molecule has 0 aliphatic carbocycles. The average Bonchev–Trinajstić information content (AvgIpc) is 2.70. The third kappa shape index (κ3) is 5.84. The minimum absolute atomic E-state index is 0.109. The van der Waals surface area contributed by atoms with Crippen molar-refractivity contribution in [3.63, 3.8) is 0 Å². The van der Waals surface area contributed by atoms with Gasteiger partial charge < -0.3 is 24.3 Å². The van der Waals surface area contributed by atoms with E-state index in [1.54, 1.807) is 12.1 Å². The third-order valence-electron chi connectivity index (χ3n) is 4.02. The molecule has 0 fully saturated rings. The van der Waals surface area contributed by atoms with E-state index < -0.39 is 18.0 Å². The van der Waals surface area contributed by atoms with Crippen LogP contribution in [0.15, 0.2) is 24.3 Å². The van der Waals surface area contributed by atoms with E-state index in [0.29, 0.717) is 22.8 Å². The molecule has 10 heteroatoms. The molecular formula is C20H20Cl3NO6. The van der Waals surface area contributed by atoms with E-state index in [1.807, 2.05) is 0 Å². The summed E-state index contributed by atoms with van der Waals surface area (Å²) in [6.07, 6.45) is -1.19. The Labute approximate surface area is 189 Å². The number of nitrogens with one attached hydrogen (secondary N) is 1. The van der Waals surface area contributed by atoms with Crippen LogP contribution in [0.5, 0.6) is 17.2 Å². The maximum Gasteiger partial charge on any atom is 0.311 e. The van der Waals surface area contributed by atoms with E-state index in [4.69, 9.17) is 53.8 Å². The van der Waals surface area contributed by atoms with Gasteiger partial charge in [-0.1, -0.05) is 34.8 Å². The van der Waals surface area contributed by atoms with Crippen molar-refractivity contribution in [2.24, 2.45) is 0 Å². The van der Waals surface area contributed by atoms with Crippen LogP contribution in [0.1, 0.15) is 12.5 Å². The molecule has 0 saturated carbocycles. The van der Waals surface area contributed by atoms with Crippen LogP contribution in [0.25, 0.3) is 0 Å². The number of anilines is 1. The summed E-state index contributed by atoms with van der Waals surface area (Å²) in [5.74, 6) is 0.0171. The smallest absolute Gasteiger partial charge is 0.311 e. The van der Waals surface area contributed by atoms with E-state index in [1.165, 1.54) is 40.4 Å². The predicted molar refractivity (Wildman–Crippen MR) is 115 cm³/mol. The highest BCUT2D eigenvalue weighted by atomic mass is 35.5. The zero-order chi connectivity index (χ0) is 22.4. The monoisotopic (exact) mass is 475 g/mol. The van der Waals surface area contributed by atoms with Crippen LogP contribution in [0, 0.1) is 0 Å². The number of benzene rings is 2. The summed E-state index contributed by atoms with van der Waals surface area (Å²) >= 11 is 17.9. The maximum absolute atomic E-state index is 12.4. The van der Waals surface area contributed by atoms with Gasteiger partial charge in [0.1, 0.15) is 0 Å². The molecule has 1 N–H and O–H groups in total. The molecule has 0 radical (unpaired) electrons. The zero-order valence-electron chi connectivity index (χ0n) is 16.7. The highest BCUT2D eigenvalue weighted by Gasteiger charge is 2.21. The molecule has 7 nitrogen and oxygen atoms in total. The van der Waals surface area contributed by atoms with Gasteiger partial charge in [0.05, 0.1) is 48.5 Å². The van der Waals surface area contributed by atoms with Crippen LogP contribution < -0.4 is 19.5 Å². The standard InChI is InChI=1S/C20H20Cl3NO6/c1-10(20(26)24-15-9-13(22)12(21)8-14(15)23)30-18(25)7-11-5-16(27-2)19(29-4)17(6-11)28-3/h5-6,8-10H,7H2,1-4H3,(H,24,26)/t10-/m1/s1. The Hall–Kier alpha value is -2.35. The van der Waals surface area contributed by atoms with Gasteiger partial charge in [0.2, 0.25) is 5.75 Å². The van der Waals surface area contributed by atoms with Crippen molar-refractivity contribution in [3.8, 4) is 17.2 Å². The zero-order valence-corrected chi connectivity index (χ0v) is 18.9. The van der Waals surface area contributed by atoms with Gasteiger partial charge in [-0.3, -0.25) is 9.59 Å². The van der Waals surface area contributed by atoms with E-state index in [-0.39, 0.29) is 27.2 Å². The Morgan fingerprint density at radius 2 is 1.47 bits per heavy atom. The number of amides is 1. The first-order chi connectivity index (χ1) is 14.2. The lowest BCUT2D eigenvalue weighted by Crippen LogP contribution is -2.30. The largest absolute Gasteiger partial charge is 0.493 e. The summed E-state index contributed by atoms with van der Waals surface area (Å²) in [6, 6.07) is 6.07. The molecule has 2 aromatic carbocycles. The number of hydrogen-bond donors (Lipinski definition) is 1. The lowest BCUT2D eigenvalue weighted by molar-refractivity contribution is -0.152. The summed E-state index contributed by atoms with van der Waals surface area (Å²) in [7, 11) is 4.43. The Kier molecular flexibility index (Phi) is 8.46. The van der Waals surface area contributed by atoms with Gasteiger partial charge in [0, 0.05) is 0 Å². The third-order valence-corrected chi connectivity index (χ3v) is 5.05. The van der Waals surface area contributed by atoms with Crippen molar-refractivity contribution in [3.05, 3.63) is 44.9 Å². The van der Waals surface area contributed by atoms with Gasteiger partial charge in [0.15, 0.2) is 17.6 Å². The second kappa shape index (κ2) is 10.6. The van der Waals surface area contributed by atoms with Crippen molar-refractivity contribution in [2.45, 2.75) is 19.4 Å². The topological polar surface area (TPSA) is 83.1 Å². The molecule has 30 heavy (non-hydrogen) atoms. The fraction of sp³-hybridized carbons (Fsp3) is 0.300. The SMILES string of the molecule is COc1cc(CC(=O)O[C@H](C)C(=O)Nc2cc(Cl)c(Cl)cc2Cl)cc(OC)c1OC. The summed E-state index contributed by atoms with van der Waals surface area (Å²) in [4.78, 5) is 24.7. The molecule has 0 spiro atoms. The second-order valence-electron chi connectivity index (χ2n) is 6.08. The van der Waals surface area contributed by atoms with Crippen molar-refractivity contribution >= 4 is 52.4 Å². The number of hydrogen-bond acceptors (Lipinski definition) is 6. The molecule has 2 aromatic rings. The van der Waals surface area contributed by atoms with E-state index >= 15 is 0 Å². The molecular weight excluding hydrogens is 457 g/mol. The fourth-order valence-electron chi connectivity index (χ4n) is 2.55. The molecule has 162 valence electrons. The van der Waals surface area contributed by atoms with Crippen LogP contribution in [0.3, 0.4) is 0 Å². The van der Waals surface area contributed by atoms with Gasteiger partial charge in [0.25, 0.3) is 5.91 Å². The molecule has 0 heterocycles. The van der Waals surface area contributed by atoms with Crippen molar-refractivity contribution < 1.29 is 28.5 Å². The van der Waals surface area contributed by atoms with Crippen LogP contribution in [0.4, 0.5) is 5.69 Å². The first-order valence-electron chi connectivity index (χ1n) is 8.63. The number of esters is 1. The number of ether oxygens (including phenoxy) is 4. The van der Waals surface area contributed by atoms with E-state index in [9.17, 15) is 9.59 Å². The lowest BCUT2D eigenvalue weighted by Gasteiger charge is -2.16. The Balaban J connectivity index is 2.05. The maximum atomic E-state index is 12.4. The number of rotatable bonds is 8. The Bertz CT molecular complexity index is 925. The summed E-state index contributed by atoms with van der Waals surface area (Å²) in [6.45, 7) is 1.44. The van der Waals surface area contributed by atoms with E-state index in [0.717, 1.165) is 0 Å². The first-order valence-corrected chi connectivity index (χ1v) is 9.77. The molecule has 0 saturated heterocycles. The molecule has 2 rings (SSSR count).